The minimum Gasteiger partial charge on any atom is -0.466 e. The van der Waals surface area contributed by atoms with Gasteiger partial charge in [-0.25, -0.2) is 4.79 Å². The number of carbonyl (C=O) groups excluding carboxylic acids is 1. The Labute approximate surface area is 93.5 Å². The van der Waals surface area contributed by atoms with Gasteiger partial charge in [-0.3, -0.25) is 0 Å². The Balaban J connectivity index is 3.00. The van der Waals surface area contributed by atoms with Crippen LogP contribution in [0.4, 0.5) is 5.69 Å². The van der Waals surface area contributed by atoms with Gasteiger partial charge >= 0.3 is 5.97 Å². The van der Waals surface area contributed by atoms with Crippen LogP contribution >= 0.6 is 11.6 Å². The number of hydrogen-bond acceptors (Lipinski definition) is 3. The summed E-state index contributed by atoms with van der Waals surface area (Å²) in [6.45, 7) is 1.89. The van der Waals surface area contributed by atoms with E-state index in [-0.39, 0.29) is 0 Å². The fourth-order valence-corrected chi connectivity index (χ4v) is 1.30. The van der Waals surface area contributed by atoms with E-state index in [0.717, 1.165) is 11.1 Å². The quantitative estimate of drug-likeness (QED) is 0.478. The average molecular weight is 226 g/mol. The predicted molar refractivity (Wildman–Crippen MR) is 61.7 cm³/mol. The van der Waals surface area contributed by atoms with E-state index in [1.165, 1.54) is 13.2 Å². The van der Waals surface area contributed by atoms with Gasteiger partial charge in [0.05, 0.1) is 17.8 Å². The van der Waals surface area contributed by atoms with Crippen LogP contribution in [0.3, 0.4) is 0 Å². The summed E-state index contributed by atoms with van der Waals surface area (Å²) in [6.07, 6.45) is 2.99. The molecule has 0 atom stereocenters. The van der Waals surface area contributed by atoms with E-state index in [0.29, 0.717) is 10.7 Å². The van der Waals surface area contributed by atoms with Gasteiger partial charge < -0.3 is 10.5 Å². The lowest BCUT2D eigenvalue weighted by molar-refractivity contribution is -0.134. The maximum Gasteiger partial charge on any atom is 0.330 e. The molecule has 80 valence electrons. The number of anilines is 1. The van der Waals surface area contributed by atoms with E-state index in [1.807, 2.05) is 6.92 Å². The molecule has 0 amide bonds. The summed E-state index contributed by atoms with van der Waals surface area (Å²) in [5.41, 5.74) is 7.96. The zero-order valence-corrected chi connectivity index (χ0v) is 9.34. The van der Waals surface area contributed by atoms with Crippen LogP contribution in [-0.2, 0) is 9.53 Å². The molecule has 15 heavy (non-hydrogen) atoms. The first-order chi connectivity index (χ1) is 7.04. The normalized spacial score (nSPS) is 10.6. The van der Waals surface area contributed by atoms with Crippen molar-refractivity contribution in [2.45, 2.75) is 6.92 Å². The third kappa shape index (κ3) is 2.99. The third-order valence-electron chi connectivity index (χ3n) is 1.99. The van der Waals surface area contributed by atoms with Crippen molar-refractivity contribution in [2.24, 2.45) is 0 Å². The van der Waals surface area contributed by atoms with Gasteiger partial charge in [0.1, 0.15) is 0 Å². The summed E-state index contributed by atoms with van der Waals surface area (Å²) in [4.78, 5) is 10.9. The lowest BCUT2D eigenvalue weighted by Crippen LogP contribution is -1.94. The van der Waals surface area contributed by atoms with E-state index in [1.54, 1.807) is 18.2 Å². The van der Waals surface area contributed by atoms with E-state index in [2.05, 4.69) is 4.74 Å². The van der Waals surface area contributed by atoms with Crippen LogP contribution in [0.15, 0.2) is 18.2 Å². The highest BCUT2D eigenvalue weighted by Crippen LogP contribution is 2.23. The minimum atomic E-state index is -0.401. The number of benzene rings is 1. The first-order valence-corrected chi connectivity index (χ1v) is 4.74. The highest BCUT2D eigenvalue weighted by atomic mass is 35.5. The number of halogens is 1. The molecule has 1 aromatic rings. The lowest BCUT2D eigenvalue weighted by Gasteiger charge is -2.04. The molecular formula is C11H12ClNO2. The molecule has 0 fully saturated rings. The Morgan fingerprint density at radius 3 is 2.80 bits per heavy atom. The number of ether oxygens (including phenoxy) is 1. The number of nitrogen functional groups attached to an aromatic ring is 1. The highest BCUT2D eigenvalue weighted by molar-refractivity contribution is 6.33. The molecule has 1 rings (SSSR count). The molecule has 0 aliphatic carbocycles. The van der Waals surface area contributed by atoms with Gasteiger partial charge in [-0.05, 0) is 36.3 Å². The van der Waals surface area contributed by atoms with Gasteiger partial charge in [-0.2, -0.15) is 0 Å². The SMILES string of the molecule is COC(=O)/C=C/c1cc(Cl)c(N)cc1C. The Morgan fingerprint density at radius 1 is 1.53 bits per heavy atom. The zero-order valence-electron chi connectivity index (χ0n) is 8.58. The Kier molecular flexibility index (Phi) is 3.74. The second-order valence-corrected chi connectivity index (χ2v) is 3.49. The van der Waals surface area contributed by atoms with Gasteiger partial charge in [-0.15, -0.1) is 0 Å². The summed E-state index contributed by atoms with van der Waals surface area (Å²) >= 11 is 5.86. The van der Waals surface area contributed by atoms with E-state index in [9.17, 15) is 4.79 Å². The molecule has 0 radical (unpaired) electrons. The molecular weight excluding hydrogens is 214 g/mol. The molecule has 0 saturated carbocycles. The summed E-state index contributed by atoms with van der Waals surface area (Å²) < 4.78 is 4.48. The van der Waals surface area contributed by atoms with Gasteiger partial charge in [-0.1, -0.05) is 11.6 Å². The standard InChI is InChI=1S/C11H12ClNO2/c1-7-5-10(13)9(12)6-8(7)3-4-11(14)15-2/h3-6H,13H2,1-2H3/b4-3+. The molecule has 0 saturated heterocycles. The molecule has 0 aliphatic rings. The summed E-state index contributed by atoms with van der Waals surface area (Å²) in [5.74, 6) is -0.401. The molecule has 4 heteroatoms. The van der Waals surface area contributed by atoms with Crippen LogP contribution in [0, 0.1) is 6.92 Å². The van der Waals surface area contributed by atoms with Crippen molar-refractivity contribution >= 4 is 29.3 Å². The first-order valence-electron chi connectivity index (χ1n) is 4.36. The van der Waals surface area contributed by atoms with Crippen molar-refractivity contribution in [1.82, 2.24) is 0 Å². The van der Waals surface area contributed by atoms with Gasteiger partial charge in [0.2, 0.25) is 0 Å². The number of methoxy groups -OCH3 is 1. The number of rotatable bonds is 2. The third-order valence-corrected chi connectivity index (χ3v) is 2.31. The van der Waals surface area contributed by atoms with Crippen LogP contribution in [0.2, 0.25) is 5.02 Å². The molecule has 0 heterocycles. The molecule has 0 spiro atoms. The van der Waals surface area contributed by atoms with Crippen LogP contribution in [0.1, 0.15) is 11.1 Å². The molecule has 2 N–H and O–H groups in total. The Bertz CT molecular complexity index is 413. The maximum atomic E-state index is 10.9. The van der Waals surface area contributed by atoms with Crippen molar-refractivity contribution < 1.29 is 9.53 Å². The molecule has 0 unspecified atom stereocenters. The number of esters is 1. The zero-order chi connectivity index (χ0) is 11.4. The fraction of sp³-hybridized carbons (Fsp3) is 0.182. The smallest absolute Gasteiger partial charge is 0.330 e. The molecule has 3 nitrogen and oxygen atoms in total. The van der Waals surface area contributed by atoms with Crippen molar-refractivity contribution in [3.63, 3.8) is 0 Å². The average Bonchev–Trinajstić information content (AvgIpc) is 2.21. The second-order valence-electron chi connectivity index (χ2n) is 3.09. The van der Waals surface area contributed by atoms with Gasteiger partial charge in [0.25, 0.3) is 0 Å². The topological polar surface area (TPSA) is 52.3 Å². The molecule has 1 aromatic carbocycles. The molecule has 0 aliphatic heterocycles. The summed E-state index contributed by atoms with van der Waals surface area (Å²) in [7, 11) is 1.33. The number of nitrogens with two attached hydrogens (primary N) is 1. The van der Waals surface area contributed by atoms with Crippen molar-refractivity contribution in [1.29, 1.82) is 0 Å². The molecule has 0 aromatic heterocycles. The minimum absolute atomic E-state index is 0.401. The Morgan fingerprint density at radius 2 is 2.20 bits per heavy atom. The van der Waals surface area contributed by atoms with Gasteiger partial charge in [0, 0.05) is 6.08 Å². The lowest BCUT2D eigenvalue weighted by atomic mass is 10.1. The van der Waals surface area contributed by atoms with E-state index >= 15 is 0 Å². The van der Waals surface area contributed by atoms with E-state index in [4.69, 9.17) is 17.3 Å². The van der Waals surface area contributed by atoms with Crippen molar-refractivity contribution in [3.05, 3.63) is 34.4 Å². The Hall–Kier alpha value is -1.48. The van der Waals surface area contributed by atoms with Gasteiger partial charge in [0.15, 0.2) is 0 Å². The fourth-order valence-electron chi connectivity index (χ4n) is 1.12. The van der Waals surface area contributed by atoms with Crippen LogP contribution in [0.25, 0.3) is 6.08 Å². The highest BCUT2D eigenvalue weighted by Gasteiger charge is 2.01. The maximum absolute atomic E-state index is 10.9. The largest absolute Gasteiger partial charge is 0.466 e. The number of carbonyl (C=O) groups is 1. The van der Waals surface area contributed by atoms with Crippen LogP contribution in [-0.4, -0.2) is 13.1 Å². The van der Waals surface area contributed by atoms with E-state index < -0.39 is 5.97 Å². The monoisotopic (exact) mass is 225 g/mol. The van der Waals surface area contributed by atoms with Crippen molar-refractivity contribution in [3.8, 4) is 0 Å². The van der Waals surface area contributed by atoms with Crippen LogP contribution < -0.4 is 5.73 Å². The number of aryl methyl sites for hydroxylation is 1. The first kappa shape index (κ1) is 11.6. The number of hydrogen-bond donors (Lipinski definition) is 1. The predicted octanol–water partition coefficient (Wildman–Crippen LogP) is 2.42. The molecule has 0 bridgehead atoms. The van der Waals surface area contributed by atoms with Crippen molar-refractivity contribution in [2.75, 3.05) is 12.8 Å². The second kappa shape index (κ2) is 4.84. The van der Waals surface area contributed by atoms with Crippen LogP contribution in [0.5, 0.6) is 0 Å². The summed E-state index contributed by atoms with van der Waals surface area (Å²) in [6, 6.07) is 3.48. The summed E-state index contributed by atoms with van der Waals surface area (Å²) in [5, 5.41) is 0.477.